The molecule has 0 aromatic rings. The average molecular weight is 155 g/mol. The van der Waals surface area contributed by atoms with Gasteiger partial charge in [-0.3, -0.25) is 4.79 Å². The molecule has 0 N–H and O–H groups in total. The minimum atomic E-state index is -0.0359. The van der Waals surface area contributed by atoms with Crippen LogP contribution in [0.2, 0.25) is 0 Å². The van der Waals surface area contributed by atoms with Crippen LogP contribution in [0.3, 0.4) is 0 Å². The minimum Gasteiger partial charge on any atom is -0.346 e. The third-order valence-corrected chi connectivity index (χ3v) is 2.15. The second-order valence-corrected chi connectivity index (χ2v) is 3.00. The summed E-state index contributed by atoms with van der Waals surface area (Å²) in [7, 11) is 1.79. The summed E-state index contributed by atoms with van der Waals surface area (Å²) in [5.74, 6) is 0.0922. The average Bonchev–Trinajstić information content (AvgIpc) is 1.99. The lowest BCUT2D eigenvalue weighted by Gasteiger charge is -2.27. The number of piperidine rings is 1. The molecular weight excluding hydrogens is 142 g/mol. The predicted molar refractivity (Wildman–Crippen MR) is 41.0 cm³/mol. The molecule has 0 bridgehead atoms. The van der Waals surface area contributed by atoms with E-state index in [4.69, 9.17) is 0 Å². The summed E-state index contributed by atoms with van der Waals surface area (Å²) < 4.78 is 0. The number of hydrogen-bond donors (Lipinski definition) is 0. The Labute approximate surface area is 66.4 Å². The van der Waals surface area contributed by atoms with Crippen LogP contribution in [-0.4, -0.2) is 30.7 Å². The van der Waals surface area contributed by atoms with Crippen LogP contribution in [-0.2, 0) is 9.59 Å². The highest BCUT2D eigenvalue weighted by molar-refractivity contribution is 5.81. The highest BCUT2D eigenvalue weighted by Gasteiger charge is 2.25. The van der Waals surface area contributed by atoms with Crippen molar-refractivity contribution in [3.63, 3.8) is 0 Å². The van der Waals surface area contributed by atoms with Crippen LogP contribution in [0.25, 0.3) is 0 Å². The van der Waals surface area contributed by atoms with E-state index in [1.807, 2.05) is 0 Å². The smallest absolute Gasteiger partial charge is 0.225 e. The first kappa shape index (κ1) is 8.24. The van der Waals surface area contributed by atoms with Gasteiger partial charge in [-0.1, -0.05) is 0 Å². The molecule has 1 rings (SSSR count). The zero-order chi connectivity index (χ0) is 8.27. The van der Waals surface area contributed by atoms with Gasteiger partial charge in [-0.2, -0.15) is 0 Å². The molecular formula is C8H13NO2. The zero-order valence-corrected chi connectivity index (χ0v) is 6.75. The van der Waals surface area contributed by atoms with E-state index in [0.29, 0.717) is 6.42 Å². The fraction of sp³-hybridized carbons (Fsp3) is 0.750. The van der Waals surface area contributed by atoms with E-state index < -0.39 is 0 Å². The maximum Gasteiger partial charge on any atom is 0.225 e. The molecule has 1 unspecified atom stereocenters. The summed E-state index contributed by atoms with van der Waals surface area (Å²) in [6.45, 7) is 0.841. The Kier molecular flexibility index (Phi) is 2.63. The van der Waals surface area contributed by atoms with Gasteiger partial charge >= 0.3 is 0 Å². The van der Waals surface area contributed by atoms with E-state index in [2.05, 4.69) is 0 Å². The molecule has 3 heteroatoms. The highest BCUT2D eigenvalue weighted by Crippen LogP contribution is 2.18. The molecule has 1 heterocycles. The van der Waals surface area contributed by atoms with Gasteiger partial charge < -0.3 is 9.69 Å². The molecule has 0 aliphatic carbocycles. The predicted octanol–water partition coefficient (Wildman–Crippen LogP) is 0.444. The molecule has 3 nitrogen and oxygen atoms in total. The molecule has 0 radical (unpaired) electrons. The first-order valence-corrected chi connectivity index (χ1v) is 3.94. The second kappa shape index (κ2) is 3.51. The van der Waals surface area contributed by atoms with Crippen molar-refractivity contribution >= 4 is 12.2 Å². The molecule has 1 amide bonds. The topological polar surface area (TPSA) is 37.4 Å². The van der Waals surface area contributed by atoms with Crippen LogP contribution >= 0.6 is 0 Å². The monoisotopic (exact) mass is 155 g/mol. The van der Waals surface area contributed by atoms with Gasteiger partial charge in [-0.05, 0) is 12.8 Å². The van der Waals surface area contributed by atoms with Crippen molar-refractivity contribution in [2.45, 2.75) is 19.3 Å². The Balaban J connectivity index is 2.51. The lowest BCUT2D eigenvalue weighted by atomic mass is 9.95. The van der Waals surface area contributed by atoms with E-state index in [1.165, 1.54) is 0 Å². The van der Waals surface area contributed by atoms with Crippen molar-refractivity contribution in [1.82, 2.24) is 4.90 Å². The van der Waals surface area contributed by atoms with Crippen LogP contribution in [0.15, 0.2) is 0 Å². The van der Waals surface area contributed by atoms with Crippen molar-refractivity contribution < 1.29 is 9.59 Å². The summed E-state index contributed by atoms with van der Waals surface area (Å²) in [5.41, 5.74) is 0. The number of amides is 1. The van der Waals surface area contributed by atoms with Gasteiger partial charge in [0.2, 0.25) is 5.91 Å². The molecule has 1 saturated heterocycles. The second-order valence-electron chi connectivity index (χ2n) is 3.00. The fourth-order valence-electron chi connectivity index (χ4n) is 1.46. The van der Waals surface area contributed by atoms with Crippen molar-refractivity contribution in [3.05, 3.63) is 0 Å². The number of nitrogens with zero attached hydrogens (tertiary/aromatic N) is 1. The first-order chi connectivity index (χ1) is 5.25. The van der Waals surface area contributed by atoms with E-state index >= 15 is 0 Å². The van der Waals surface area contributed by atoms with E-state index in [9.17, 15) is 9.59 Å². The van der Waals surface area contributed by atoms with Crippen LogP contribution in [0.5, 0.6) is 0 Å². The SMILES string of the molecule is CN1CCCC(CC=O)C1=O. The molecule has 62 valence electrons. The van der Waals surface area contributed by atoms with Crippen molar-refractivity contribution in [2.75, 3.05) is 13.6 Å². The van der Waals surface area contributed by atoms with Gasteiger partial charge in [0.25, 0.3) is 0 Å². The number of aldehydes is 1. The Hall–Kier alpha value is -0.860. The molecule has 1 fully saturated rings. The maximum absolute atomic E-state index is 11.3. The zero-order valence-electron chi connectivity index (χ0n) is 6.75. The third kappa shape index (κ3) is 1.79. The van der Waals surface area contributed by atoms with Gasteiger partial charge in [0, 0.05) is 25.9 Å². The number of hydrogen-bond acceptors (Lipinski definition) is 2. The van der Waals surface area contributed by atoms with Crippen LogP contribution in [0.1, 0.15) is 19.3 Å². The van der Waals surface area contributed by atoms with E-state index in [0.717, 1.165) is 25.7 Å². The van der Waals surface area contributed by atoms with E-state index in [1.54, 1.807) is 11.9 Å². The fourth-order valence-corrected chi connectivity index (χ4v) is 1.46. The molecule has 0 aromatic carbocycles. The summed E-state index contributed by atoms with van der Waals surface area (Å²) in [6, 6.07) is 0. The summed E-state index contributed by atoms with van der Waals surface area (Å²) in [5, 5.41) is 0. The Morgan fingerprint density at radius 2 is 2.45 bits per heavy atom. The Morgan fingerprint density at radius 3 is 3.09 bits per heavy atom. The third-order valence-electron chi connectivity index (χ3n) is 2.15. The molecule has 0 spiro atoms. The van der Waals surface area contributed by atoms with Crippen molar-refractivity contribution in [1.29, 1.82) is 0 Å². The molecule has 1 aliphatic heterocycles. The van der Waals surface area contributed by atoms with Crippen LogP contribution in [0.4, 0.5) is 0 Å². The number of carbonyl (C=O) groups excluding carboxylic acids is 2. The van der Waals surface area contributed by atoms with Gasteiger partial charge in [-0.25, -0.2) is 0 Å². The molecule has 11 heavy (non-hydrogen) atoms. The highest BCUT2D eigenvalue weighted by atomic mass is 16.2. The maximum atomic E-state index is 11.3. The van der Waals surface area contributed by atoms with Crippen LogP contribution in [0, 0.1) is 5.92 Å². The summed E-state index contributed by atoms with van der Waals surface area (Å²) in [4.78, 5) is 23.1. The van der Waals surface area contributed by atoms with Gasteiger partial charge in [0.1, 0.15) is 6.29 Å². The summed E-state index contributed by atoms with van der Waals surface area (Å²) in [6.07, 6.45) is 3.13. The lowest BCUT2D eigenvalue weighted by molar-refractivity contribution is -0.138. The van der Waals surface area contributed by atoms with Gasteiger partial charge in [-0.15, -0.1) is 0 Å². The van der Waals surface area contributed by atoms with Gasteiger partial charge in [0.15, 0.2) is 0 Å². The normalized spacial score (nSPS) is 25.4. The largest absolute Gasteiger partial charge is 0.346 e. The first-order valence-electron chi connectivity index (χ1n) is 3.94. The minimum absolute atomic E-state index is 0.0359. The number of likely N-dealkylation sites (tertiary alicyclic amines) is 1. The van der Waals surface area contributed by atoms with Crippen molar-refractivity contribution in [3.8, 4) is 0 Å². The number of carbonyl (C=O) groups is 2. The quantitative estimate of drug-likeness (QED) is 0.543. The van der Waals surface area contributed by atoms with Crippen molar-refractivity contribution in [2.24, 2.45) is 5.92 Å². The van der Waals surface area contributed by atoms with E-state index in [-0.39, 0.29) is 11.8 Å². The summed E-state index contributed by atoms with van der Waals surface area (Å²) >= 11 is 0. The standard InChI is InChI=1S/C8H13NO2/c1-9-5-2-3-7(4-6-10)8(9)11/h6-7H,2-5H2,1H3. The molecule has 1 atom stereocenters. The van der Waals surface area contributed by atoms with Crippen LogP contribution < -0.4 is 0 Å². The molecule has 0 saturated carbocycles. The lowest BCUT2D eigenvalue weighted by Crippen LogP contribution is -2.38. The van der Waals surface area contributed by atoms with Gasteiger partial charge in [0.05, 0.1) is 0 Å². The molecule has 0 aromatic heterocycles. The Bertz CT molecular complexity index is 167. The Morgan fingerprint density at radius 1 is 1.73 bits per heavy atom. The molecule has 1 aliphatic rings. The number of rotatable bonds is 2.